The number of hydrogen-bond donors (Lipinski definition) is 1. The molecule has 0 aromatic carbocycles. The van der Waals surface area contributed by atoms with Gasteiger partial charge in [-0.25, -0.2) is 0 Å². The van der Waals surface area contributed by atoms with Gasteiger partial charge in [0, 0.05) is 19.1 Å². The summed E-state index contributed by atoms with van der Waals surface area (Å²) in [6.45, 7) is 4.00. The average Bonchev–Trinajstić information content (AvgIpc) is 2.74. The van der Waals surface area contributed by atoms with E-state index in [-0.39, 0.29) is 0 Å². The third-order valence-electron chi connectivity index (χ3n) is 3.65. The predicted octanol–water partition coefficient (Wildman–Crippen LogP) is 0.870. The number of aliphatic hydroxyl groups is 1. The minimum Gasteiger partial charge on any atom is -0.395 e. The Morgan fingerprint density at radius 1 is 1.21 bits per heavy atom. The molecule has 0 aromatic heterocycles. The molecule has 1 aliphatic heterocycles. The van der Waals surface area contributed by atoms with Crippen molar-refractivity contribution in [2.24, 2.45) is 5.92 Å². The van der Waals surface area contributed by atoms with Gasteiger partial charge in [-0.1, -0.05) is 12.8 Å². The zero-order valence-electron chi connectivity index (χ0n) is 8.82. The summed E-state index contributed by atoms with van der Waals surface area (Å²) < 4.78 is 5.33. The fourth-order valence-electron chi connectivity index (χ4n) is 2.81. The van der Waals surface area contributed by atoms with E-state index in [0.29, 0.717) is 12.6 Å². The van der Waals surface area contributed by atoms with Crippen molar-refractivity contribution in [1.29, 1.82) is 0 Å². The second-order valence-corrected chi connectivity index (χ2v) is 4.44. The Morgan fingerprint density at radius 2 is 1.86 bits per heavy atom. The Morgan fingerprint density at radius 3 is 2.43 bits per heavy atom. The molecule has 14 heavy (non-hydrogen) atoms. The molecule has 82 valence electrons. The summed E-state index contributed by atoms with van der Waals surface area (Å²) in [4.78, 5) is 2.42. The smallest absolute Gasteiger partial charge is 0.0594 e. The number of nitrogens with zero attached hydrogens (tertiary/aromatic N) is 1. The summed E-state index contributed by atoms with van der Waals surface area (Å²) in [5.74, 6) is 0.734. The van der Waals surface area contributed by atoms with Crippen LogP contribution in [0.3, 0.4) is 0 Å². The summed E-state index contributed by atoms with van der Waals surface area (Å²) in [6, 6.07) is 0.404. The molecule has 0 bridgehead atoms. The molecule has 2 aliphatic rings. The zero-order chi connectivity index (χ0) is 9.80. The van der Waals surface area contributed by atoms with Gasteiger partial charge in [0.15, 0.2) is 0 Å². The highest BCUT2D eigenvalue weighted by Crippen LogP contribution is 2.30. The monoisotopic (exact) mass is 199 g/mol. The largest absolute Gasteiger partial charge is 0.395 e. The van der Waals surface area contributed by atoms with Crippen LogP contribution in [0.2, 0.25) is 0 Å². The maximum Gasteiger partial charge on any atom is 0.0594 e. The number of hydrogen-bond acceptors (Lipinski definition) is 3. The number of morpholine rings is 1. The van der Waals surface area contributed by atoms with Crippen molar-refractivity contribution in [3.8, 4) is 0 Å². The molecule has 1 heterocycles. The molecule has 0 amide bonds. The molecule has 1 unspecified atom stereocenters. The number of ether oxygens (including phenoxy) is 1. The van der Waals surface area contributed by atoms with Crippen LogP contribution in [0, 0.1) is 5.92 Å². The zero-order valence-corrected chi connectivity index (χ0v) is 8.82. The van der Waals surface area contributed by atoms with E-state index in [4.69, 9.17) is 4.74 Å². The van der Waals surface area contributed by atoms with E-state index < -0.39 is 0 Å². The first-order valence-electron chi connectivity index (χ1n) is 5.84. The van der Waals surface area contributed by atoms with Crippen molar-refractivity contribution >= 4 is 0 Å². The molecule has 1 N–H and O–H groups in total. The van der Waals surface area contributed by atoms with Crippen molar-refractivity contribution in [2.45, 2.75) is 31.7 Å². The van der Waals surface area contributed by atoms with Gasteiger partial charge in [-0.05, 0) is 18.8 Å². The normalized spacial score (nSPS) is 28.1. The fraction of sp³-hybridized carbons (Fsp3) is 1.00. The minimum atomic E-state index is 0.324. The van der Waals surface area contributed by atoms with Crippen molar-refractivity contribution in [2.75, 3.05) is 32.9 Å². The van der Waals surface area contributed by atoms with Gasteiger partial charge in [0.05, 0.1) is 19.8 Å². The fourth-order valence-corrected chi connectivity index (χ4v) is 2.81. The van der Waals surface area contributed by atoms with Crippen LogP contribution < -0.4 is 0 Å². The van der Waals surface area contributed by atoms with Gasteiger partial charge in [0.25, 0.3) is 0 Å². The molecule has 1 saturated carbocycles. The lowest BCUT2D eigenvalue weighted by atomic mass is 9.97. The Hall–Kier alpha value is -0.120. The van der Waals surface area contributed by atoms with Crippen molar-refractivity contribution < 1.29 is 9.84 Å². The summed E-state index contributed by atoms with van der Waals surface area (Å²) in [6.07, 6.45) is 5.32. The molecule has 2 fully saturated rings. The summed E-state index contributed by atoms with van der Waals surface area (Å²) >= 11 is 0. The molecule has 1 atom stereocenters. The highest BCUT2D eigenvalue weighted by atomic mass is 16.5. The first-order chi connectivity index (χ1) is 6.92. The van der Waals surface area contributed by atoms with Gasteiger partial charge in [0.1, 0.15) is 0 Å². The molecular formula is C11H21NO2. The Balaban J connectivity index is 1.89. The molecule has 1 saturated heterocycles. The molecule has 0 aromatic rings. The number of aliphatic hydroxyl groups excluding tert-OH is 1. The Kier molecular flexibility index (Phi) is 3.79. The van der Waals surface area contributed by atoms with Crippen LogP contribution in [0.5, 0.6) is 0 Å². The van der Waals surface area contributed by atoms with Crippen LogP contribution in [0.15, 0.2) is 0 Å². The highest BCUT2D eigenvalue weighted by molar-refractivity contribution is 4.83. The van der Waals surface area contributed by atoms with Gasteiger partial charge in [-0.15, -0.1) is 0 Å². The third-order valence-corrected chi connectivity index (χ3v) is 3.65. The van der Waals surface area contributed by atoms with Crippen molar-refractivity contribution in [1.82, 2.24) is 4.90 Å². The topological polar surface area (TPSA) is 32.7 Å². The van der Waals surface area contributed by atoms with E-state index in [0.717, 1.165) is 32.2 Å². The van der Waals surface area contributed by atoms with Crippen LogP contribution in [0.1, 0.15) is 25.7 Å². The second kappa shape index (κ2) is 5.10. The van der Waals surface area contributed by atoms with Gasteiger partial charge in [0.2, 0.25) is 0 Å². The first kappa shape index (κ1) is 10.4. The molecular weight excluding hydrogens is 178 g/mol. The van der Waals surface area contributed by atoms with Gasteiger partial charge < -0.3 is 9.84 Å². The SMILES string of the molecule is OCC(C1CCCC1)N1CCOCC1. The Labute approximate surface area is 86.0 Å². The molecule has 0 radical (unpaired) electrons. The lowest BCUT2D eigenvalue weighted by Crippen LogP contribution is -2.48. The summed E-state index contributed by atoms with van der Waals surface area (Å²) in [5, 5.41) is 9.46. The average molecular weight is 199 g/mol. The quantitative estimate of drug-likeness (QED) is 0.732. The van der Waals surface area contributed by atoms with Crippen LogP contribution in [0.4, 0.5) is 0 Å². The maximum absolute atomic E-state index is 9.46. The molecule has 2 rings (SSSR count). The second-order valence-electron chi connectivity index (χ2n) is 4.44. The van der Waals surface area contributed by atoms with E-state index in [1.807, 2.05) is 0 Å². The van der Waals surface area contributed by atoms with E-state index in [9.17, 15) is 5.11 Å². The van der Waals surface area contributed by atoms with E-state index in [1.165, 1.54) is 25.7 Å². The maximum atomic E-state index is 9.46. The summed E-state index contributed by atoms with van der Waals surface area (Å²) in [5.41, 5.74) is 0. The van der Waals surface area contributed by atoms with E-state index in [2.05, 4.69) is 4.90 Å². The predicted molar refractivity (Wildman–Crippen MR) is 55.2 cm³/mol. The molecule has 0 spiro atoms. The molecule has 3 nitrogen and oxygen atoms in total. The van der Waals surface area contributed by atoms with E-state index >= 15 is 0 Å². The standard InChI is InChI=1S/C11H21NO2/c13-9-11(10-3-1-2-4-10)12-5-7-14-8-6-12/h10-11,13H,1-9H2. The lowest BCUT2D eigenvalue weighted by Gasteiger charge is -2.36. The molecule has 1 aliphatic carbocycles. The molecule has 3 heteroatoms. The van der Waals surface area contributed by atoms with Crippen LogP contribution in [-0.4, -0.2) is 49.0 Å². The van der Waals surface area contributed by atoms with Crippen molar-refractivity contribution in [3.05, 3.63) is 0 Å². The van der Waals surface area contributed by atoms with Crippen LogP contribution in [0.25, 0.3) is 0 Å². The van der Waals surface area contributed by atoms with Gasteiger partial charge in [-0.3, -0.25) is 4.90 Å². The van der Waals surface area contributed by atoms with Crippen molar-refractivity contribution in [3.63, 3.8) is 0 Å². The Bertz CT molecular complexity index is 163. The van der Waals surface area contributed by atoms with E-state index in [1.54, 1.807) is 0 Å². The minimum absolute atomic E-state index is 0.324. The van der Waals surface area contributed by atoms with Gasteiger partial charge >= 0.3 is 0 Å². The number of rotatable bonds is 3. The third kappa shape index (κ3) is 2.27. The van der Waals surface area contributed by atoms with Crippen LogP contribution in [-0.2, 0) is 4.74 Å². The first-order valence-corrected chi connectivity index (χ1v) is 5.84. The summed E-state index contributed by atoms with van der Waals surface area (Å²) in [7, 11) is 0. The lowest BCUT2D eigenvalue weighted by molar-refractivity contribution is -0.0126. The highest BCUT2D eigenvalue weighted by Gasteiger charge is 2.29. The van der Waals surface area contributed by atoms with Crippen LogP contribution >= 0.6 is 0 Å². The van der Waals surface area contributed by atoms with Gasteiger partial charge in [-0.2, -0.15) is 0 Å².